The van der Waals surface area contributed by atoms with Crippen LogP contribution >= 0.6 is 0 Å². The first-order valence-corrected chi connectivity index (χ1v) is 5.02. The third-order valence-electron chi connectivity index (χ3n) is 2.94. The molecule has 0 saturated heterocycles. The Labute approximate surface area is 93.9 Å². The van der Waals surface area contributed by atoms with E-state index in [0.29, 0.717) is 5.56 Å². The van der Waals surface area contributed by atoms with Crippen LogP contribution in [0.5, 0.6) is 0 Å². The molecule has 90 valence electrons. The van der Waals surface area contributed by atoms with Crippen molar-refractivity contribution >= 4 is 0 Å². The second kappa shape index (κ2) is 4.47. The summed E-state index contributed by atoms with van der Waals surface area (Å²) in [5.41, 5.74) is -1.75. The number of benzene rings is 1. The van der Waals surface area contributed by atoms with E-state index >= 15 is 0 Å². The van der Waals surface area contributed by atoms with Crippen molar-refractivity contribution in [2.75, 3.05) is 7.11 Å². The Morgan fingerprint density at radius 1 is 1.38 bits per heavy atom. The van der Waals surface area contributed by atoms with Gasteiger partial charge >= 0.3 is 0 Å². The van der Waals surface area contributed by atoms with Crippen molar-refractivity contribution in [3.8, 4) is 0 Å². The number of hydrogen-bond acceptors (Lipinski definition) is 2. The predicted molar refractivity (Wildman–Crippen MR) is 57.1 cm³/mol. The summed E-state index contributed by atoms with van der Waals surface area (Å²) in [5, 5.41) is 10.1. The molecule has 1 aromatic carbocycles. The van der Waals surface area contributed by atoms with Gasteiger partial charge in [-0.1, -0.05) is 6.07 Å². The minimum absolute atomic E-state index is 0.292. The smallest absolute Gasteiger partial charge is 0.135 e. The number of methoxy groups -OCH3 is 1. The van der Waals surface area contributed by atoms with E-state index in [1.54, 1.807) is 6.92 Å². The maximum Gasteiger partial charge on any atom is 0.135 e. The summed E-state index contributed by atoms with van der Waals surface area (Å²) in [6.45, 7) is 4.41. The van der Waals surface area contributed by atoms with Crippen LogP contribution in [0.1, 0.15) is 25.0 Å². The zero-order valence-electron chi connectivity index (χ0n) is 9.84. The zero-order valence-corrected chi connectivity index (χ0v) is 9.84. The molecule has 0 aliphatic heterocycles. The van der Waals surface area contributed by atoms with Gasteiger partial charge in [0, 0.05) is 7.11 Å². The lowest BCUT2D eigenvalue weighted by Gasteiger charge is -2.30. The molecular formula is C12H16F2O2. The van der Waals surface area contributed by atoms with Gasteiger partial charge in [0.15, 0.2) is 0 Å². The van der Waals surface area contributed by atoms with Crippen molar-refractivity contribution in [3.63, 3.8) is 0 Å². The molecule has 0 aliphatic rings. The lowest BCUT2D eigenvalue weighted by atomic mass is 9.89. The molecule has 0 saturated carbocycles. The normalized spacial score (nSPS) is 16.9. The van der Waals surface area contributed by atoms with Crippen molar-refractivity contribution in [1.82, 2.24) is 0 Å². The fraction of sp³-hybridized carbons (Fsp3) is 0.500. The van der Waals surface area contributed by atoms with Gasteiger partial charge in [-0.05, 0) is 32.4 Å². The fourth-order valence-corrected chi connectivity index (χ4v) is 1.55. The Morgan fingerprint density at radius 2 is 1.94 bits per heavy atom. The van der Waals surface area contributed by atoms with Crippen LogP contribution in [0.15, 0.2) is 12.1 Å². The summed E-state index contributed by atoms with van der Waals surface area (Å²) in [6.07, 6.45) is -0.710. The highest BCUT2D eigenvalue weighted by molar-refractivity contribution is 5.31. The van der Waals surface area contributed by atoms with Crippen LogP contribution < -0.4 is 0 Å². The molecule has 4 heteroatoms. The Bertz CT molecular complexity index is 389. The molecule has 0 radical (unpaired) electrons. The van der Waals surface area contributed by atoms with Gasteiger partial charge in [-0.15, -0.1) is 0 Å². The van der Waals surface area contributed by atoms with Gasteiger partial charge in [0.2, 0.25) is 0 Å². The summed E-state index contributed by atoms with van der Waals surface area (Å²) < 4.78 is 32.3. The zero-order chi connectivity index (χ0) is 12.5. The molecule has 0 spiro atoms. The van der Waals surface area contributed by atoms with Crippen LogP contribution in [-0.2, 0) is 10.3 Å². The number of halogens is 2. The van der Waals surface area contributed by atoms with Gasteiger partial charge in [-0.3, -0.25) is 0 Å². The monoisotopic (exact) mass is 230 g/mol. The van der Waals surface area contributed by atoms with E-state index in [9.17, 15) is 13.9 Å². The Hall–Kier alpha value is -1.00. The summed E-state index contributed by atoms with van der Waals surface area (Å²) in [7, 11) is 1.38. The lowest BCUT2D eigenvalue weighted by Crippen LogP contribution is -2.37. The second-order valence-electron chi connectivity index (χ2n) is 4.08. The number of aryl methyl sites for hydroxylation is 1. The average molecular weight is 230 g/mol. The molecule has 0 aliphatic carbocycles. The van der Waals surface area contributed by atoms with Crippen LogP contribution in [-0.4, -0.2) is 18.3 Å². The third kappa shape index (κ3) is 2.08. The molecule has 0 heterocycles. The molecule has 1 rings (SSSR count). The lowest BCUT2D eigenvalue weighted by molar-refractivity contribution is -0.0811. The van der Waals surface area contributed by atoms with Gasteiger partial charge in [-0.2, -0.15) is 0 Å². The number of rotatable bonds is 3. The molecule has 1 N–H and O–H groups in total. The first kappa shape index (κ1) is 13.1. The van der Waals surface area contributed by atoms with Crippen LogP contribution in [0.3, 0.4) is 0 Å². The van der Waals surface area contributed by atoms with Gasteiger partial charge < -0.3 is 9.84 Å². The largest absolute Gasteiger partial charge is 0.383 e. The summed E-state index contributed by atoms with van der Waals surface area (Å²) in [6, 6.07) is 2.48. The predicted octanol–water partition coefficient (Wildman–Crippen LogP) is 2.52. The van der Waals surface area contributed by atoms with Gasteiger partial charge in [0.25, 0.3) is 0 Å². The van der Waals surface area contributed by atoms with E-state index in [1.165, 1.54) is 27.0 Å². The maximum atomic E-state index is 13.8. The number of aliphatic hydroxyl groups is 1. The van der Waals surface area contributed by atoms with Gasteiger partial charge in [0.1, 0.15) is 17.2 Å². The third-order valence-corrected chi connectivity index (χ3v) is 2.94. The SMILES string of the molecule is COC(C)C(C)(O)c1c(F)ccc(C)c1F. The van der Waals surface area contributed by atoms with Gasteiger partial charge in [0.05, 0.1) is 11.7 Å². The van der Waals surface area contributed by atoms with E-state index in [4.69, 9.17) is 4.74 Å². The van der Waals surface area contributed by atoms with E-state index in [1.807, 2.05) is 0 Å². The minimum atomic E-state index is -1.70. The number of hydrogen-bond donors (Lipinski definition) is 1. The van der Waals surface area contributed by atoms with Gasteiger partial charge in [-0.25, -0.2) is 8.78 Å². The van der Waals surface area contributed by atoms with Crippen LogP contribution in [0, 0.1) is 18.6 Å². The Balaban J connectivity index is 3.37. The highest BCUT2D eigenvalue weighted by atomic mass is 19.1. The van der Waals surface area contributed by atoms with Crippen LogP contribution in [0.25, 0.3) is 0 Å². The Kier molecular flexibility index (Phi) is 3.65. The maximum absolute atomic E-state index is 13.8. The topological polar surface area (TPSA) is 29.5 Å². The van der Waals surface area contributed by atoms with E-state index in [0.717, 1.165) is 6.07 Å². The second-order valence-corrected chi connectivity index (χ2v) is 4.08. The molecule has 2 nitrogen and oxygen atoms in total. The van der Waals surface area contributed by atoms with E-state index in [2.05, 4.69) is 0 Å². The highest BCUT2D eigenvalue weighted by Gasteiger charge is 2.36. The molecule has 1 aromatic rings. The van der Waals surface area contributed by atoms with Crippen molar-refractivity contribution < 1.29 is 18.6 Å². The van der Waals surface area contributed by atoms with Crippen LogP contribution in [0.4, 0.5) is 8.78 Å². The summed E-state index contributed by atoms with van der Waals surface area (Å²) >= 11 is 0. The molecule has 0 fully saturated rings. The molecule has 16 heavy (non-hydrogen) atoms. The van der Waals surface area contributed by atoms with Crippen molar-refractivity contribution in [1.29, 1.82) is 0 Å². The minimum Gasteiger partial charge on any atom is -0.383 e. The van der Waals surface area contributed by atoms with E-state index in [-0.39, 0.29) is 5.56 Å². The molecule has 0 amide bonds. The highest BCUT2D eigenvalue weighted by Crippen LogP contribution is 2.31. The first-order chi connectivity index (χ1) is 7.32. The standard InChI is InChI=1S/C12H16F2O2/c1-7-5-6-9(13)10(11(7)14)12(3,15)8(2)16-4/h5-6,8,15H,1-4H3. The molecule has 0 bridgehead atoms. The number of ether oxygens (including phenoxy) is 1. The Morgan fingerprint density at radius 3 is 2.44 bits per heavy atom. The van der Waals surface area contributed by atoms with Crippen molar-refractivity contribution in [3.05, 3.63) is 34.9 Å². The summed E-state index contributed by atoms with van der Waals surface area (Å²) in [4.78, 5) is 0. The molecule has 2 atom stereocenters. The molecular weight excluding hydrogens is 214 g/mol. The average Bonchev–Trinajstić information content (AvgIpc) is 2.22. The molecule has 2 unspecified atom stereocenters. The van der Waals surface area contributed by atoms with Crippen molar-refractivity contribution in [2.45, 2.75) is 32.5 Å². The van der Waals surface area contributed by atoms with Crippen LogP contribution in [0.2, 0.25) is 0 Å². The summed E-state index contributed by atoms with van der Waals surface area (Å²) in [5.74, 6) is -1.49. The first-order valence-electron chi connectivity index (χ1n) is 5.02. The molecule has 0 aromatic heterocycles. The van der Waals surface area contributed by atoms with E-state index < -0.39 is 23.3 Å². The van der Waals surface area contributed by atoms with Crippen molar-refractivity contribution in [2.24, 2.45) is 0 Å². The quantitative estimate of drug-likeness (QED) is 0.864. The fourth-order valence-electron chi connectivity index (χ4n) is 1.55.